The molecule has 0 bridgehead atoms. The van der Waals surface area contributed by atoms with Gasteiger partial charge in [-0.2, -0.15) is 0 Å². The van der Waals surface area contributed by atoms with Gasteiger partial charge < -0.3 is 15.2 Å². The zero-order valence-corrected chi connectivity index (χ0v) is 20.9. The number of carboxylic acids is 2. The van der Waals surface area contributed by atoms with Gasteiger partial charge in [0, 0.05) is 21.8 Å². The number of aromatic amines is 1. The first-order valence-corrected chi connectivity index (χ1v) is 11.3. The van der Waals surface area contributed by atoms with Crippen molar-refractivity contribution < 1.29 is 19.8 Å². The fraction of sp³-hybridized carbons (Fsp3) is 0.310. The second kappa shape index (κ2) is 8.98. The fourth-order valence-electron chi connectivity index (χ4n) is 4.47. The van der Waals surface area contributed by atoms with Crippen LogP contribution in [0.1, 0.15) is 78.9 Å². The first-order chi connectivity index (χ1) is 15.7. The second-order valence-corrected chi connectivity index (χ2v) is 10.7. The summed E-state index contributed by atoms with van der Waals surface area (Å²) >= 11 is 0. The van der Waals surface area contributed by atoms with Crippen molar-refractivity contribution in [2.24, 2.45) is 0 Å². The summed E-state index contributed by atoms with van der Waals surface area (Å²) < 4.78 is 0. The van der Waals surface area contributed by atoms with Gasteiger partial charge >= 0.3 is 11.9 Å². The molecule has 34 heavy (non-hydrogen) atoms. The van der Waals surface area contributed by atoms with Crippen molar-refractivity contribution in [1.82, 2.24) is 4.98 Å². The monoisotopic (exact) mass is 459 g/mol. The maximum absolute atomic E-state index is 10.3. The van der Waals surface area contributed by atoms with Crippen LogP contribution >= 0.6 is 0 Å². The van der Waals surface area contributed by atoms with Gasteiger partial charge in [-0.3, -0.25) is 0 Å². The van der Waals surface area contributed by atoms with E-state index in [-0.39, 0.29) is 22.0 Å². The molecule has 0 fully saturated rings. The largest absolute Gasteiger partial charge is 0.478 e. The number of fused-ring (bicyclic) bond motifs is 3. The van der Waals surface area contributed by atoms with E-state index in [0.717, 1.165) is 0 Å². The highest BCUT2D eigenvalue weighted by Crippen LogP contribution is 2.41. The van der Waals surface area contributed by atoms with Crippen LogP contribution in [-0.4, -0.2) is 27.1 Å². The Morgan fingerprint density at radius 2 is 1.24 bits per heavy atom. The summed E-state index contributed by atoms with van der Waals surface area (Å²) in [5.41, 5.74) is 7.31. The van der Waals surface area contributed by atoms with Gasteiger partial charge in [-0.1, -0.05) is 59.7 Å². The lowest BCUT2D eigenvalue weighted by Crippen LogP contribution is -2.23. The molecule has 5 nitrogen and oxygen atoms in total. The molecule has 0 radical (unpaired) electrons. The third kappa shape index (κ3) is 4.98. The van der Waals surface area contributed by atoms with Gasteiger partial charge in [0.15, 0.2) is 0 Å². The molecule has 178 valence electrons. The van der Waals surface area contributed by atoms with Crippen LogP contribution in [0.25, 0.3) is 21.8 Å². The number of carbonyl (C=O) groups is 2. The topological polar surface area (TPSA) is 90.4 Å². The van der Waals surface area contributed by atoms with Gasteiger partial charge in [0.1, 0.15) is 0 Å². The predicted molar refractivity (Wildman–Crippen MR) is 138 cm³/mol. The molecule has 0 saturated carbocycles. The number of hydrogen-bond donors (Lipinski definition) is 3. The van der Waals surface area contributed by atoms with E-state index in [2.05, 4.69) is 83.8 Å². The Hall–Kier alpha value is -3.60. The molecule has 4 rings (SSSR count). The van der Waals surface area contributed by atoms with E-state index in [1.807, 2.05) is 0 Å². The van der Waals surface area contributed by atoms with Gasteiger partial charge in [-0.05, 0) is 70.8 Å². The zero-order valence-electron chi connectivity index (χ0n) is 20.9. The maximum Gasteiger partial charge on any atom is 0.335 e. The number of nitrogens with one attached hydrogen (secondary N) is 1. The van der Waals surface area contributed by atoms with E-state index >= 15 is 0 Å². The van der Waals surface area contributed by atoms with Crippen LogP contribution in [0.2, 0.25) is 0 Å². The van der Waals surface area contributed by atoms with Crippen LogP contribution in [0, 0.1) is 6.92 Å². The molecule has 0 amide bonds. The Bertz CT molecular complexity index is 1330. The Labute approximate surface area is 200 Å². The van der Waals surface area contributed by atoms with E-state index < -0.39 is 11.9 Å². The third-order valence-corrected chi connectivity index (χ3v) is 5.99. The molecule has 4 aromatic rings. The van der Waals surface area contributed by atoms with E-state index in [1.54, 1.807) is 0 Å². The second-order valence-electron chi connectivity index (χ2n) is 10.7. The normalized spacial score (nSPS) is 11.9. The van der Waals surface area contributed by atoms with Crippen molar-refractivity contribution in [3.05, 3.63) is 82.4 Å². The van der Waals surface area contributed by atoms with Crippen LogP contribution in [-0.2, 0) is 10.8 Å². The minimum Gasteiger partial charge on any atom is -0.478 e. The van der Waals surface area contributed by atoms with Crippen molar-refractivity contribution in [1.29, 1.82) is 0 Å². The van der Waals surface area contributed by atoms with E-state index in [4.69, 9.17) is 10.2 Å². The van der Waals surface area contributed by atoms with Gasteiger partial charge in [0.2, 0.25) is 0 Å². The summed E-state index contributed by atoms with van der Waals surface area (Å²) in [4.78, 5) is 24.3. The molecule has 0 aliphatic heterocycles. The van der Waals surface area contributed by atoms with E-state index in [0.29, 0.717) is 0 Å². The Kier molecular flexibility index (Phi) is 6.61. The third-order valence-electron chi connectivity index (χ3n) is 5.99. The Morgan fingerprint density at radius 3 is 1.68 bits per heavy atom. The molecule has 0 saturated heterocycles. The molecular formula is C29H33NO4. The average Bonchev–Trinajstić information content (AvgIpc) is 3.12. The van der Waals surface area contributed by atoms with Crippen LogP contribution in [0.3, 0.4) is 0 Å². The lowest BCUT2D eigenvalue weighted by atomic mass is 9.72. The lowest BCUT2D eigenvalue weighted by Gasteiger charge is -2.32. The highest BCUT2D eigenvalue weighted by molar-refractivity contribution is 6.09. The van der Waals surface area contributed by atoms with Crippen LogP contribution in [0.15, 0.2) is 54.6 Å². The molecule has 1 heterocycles. The molecule has 3 aromatic carbocycles. The molecule has 0 aliphatic carbocycles. The molecule has 1 aromatic heterocycles. The minimum absolute atomic E-state index is 0.0833. The van der Waals surface area contributed by atoms with Crippen LogP contribution in [0.4, 0.5) is 0 Å². The van der Waals surface area contributed by atoms with Crippen molar-refractivity contribution in [2.45, 2.75) is 59.3 Å². The summed E-state index contributed by atoms with van der Waals surface area (Å²) in [6.45, 7) is 16.2. The SMILES string of the molecule is Cc1c(C(C)(C)C)c(C(C)(C)C)cc2c1[nH]c1ccccc12.O=C(O)c1ccc(C(=O)O)cc1. The fourth-order valence-corrected chi connectivity index (χ4v) is 4.47. The van der Waals surface area contributed by atoms with Gasteiger partial charge in [-0.15, -0.1) is 0 Å². The standard InChI is InChI=1S/C21H27N.C8H6O4/c1-13-18(21(5,6)7)16(20(2,3)4)12-15-14-10-8-9-11-17(14)22-19(13)15;9-7(10)5-1-2-6(4-3-5)8(11)12/h8-12,22H,1-7H3;1-4H,(H,9,10)(H,11,12). The first kappa shape index (κ1) is 25.0. The Balaban J connectivity index is 0.000000229. The van der Waals surface area contributed by atoms with Crippen LogP contribution < -0.4 is 0 Å². The van der Waals surface area contributed by atoms with E-state index in [1.165, 1.54) is 62.8 Å². The molecule has 5 heteroatoms. The lowest BCUT2D eigenvalue weighted by molar-refractivity contribution is 0.0681. The van der Waals surface area contributed by atoms with Gasteiger partial charge in [0.05, 0.1) is 11.1 Å². The number of aryl methyl sites for hydroxylation is 1. The summed E-state index contributed by atoms with van der Waals surface area (Å²) in [7, 11) is 0. The molecule has 0 aliphatic rings. The summed E-state index contributed by atoms with van der Waals surface area (Å²) in [6, 6.07) is 16.1. The highest BCUT2D eigenvalue weighted by atomic mass is 16.4. The minimum atomic E-state index is -1.06. The Morgan fingerprint density at radius 1 is 0.735 bits per heavy atom. The number of benzene rings is 3. The number of para-hydroxylation sites is 1. The van der Waals surface area contributed by atoms with Crippen molar-refractivity contribution in [2.75, 3.05) is 0 Å². The maximum atomic E-state index is 10.3. The molecule has 0 atom stereocenters. The highest BCUT2D eigenvalue weighted by Gasteiger charge is 2.28. The molecule has 3 N–H and O–H groups in total. The van der Waals surface area contributed by atoms with Crippen molar-refractivity contribution in [3.63, 3.8) is 0 Å². The number of carboxylic acid groups (broad SMARTS) is 2. The number of rotatable bonds is 2. The molecule has 0 unspecified atom stereocenters. The number of H-pyrrole nitrogens is 1. The van der Waals surface area contributed by atoms with E-state index in [9.17, 15) is 9.59 Å². The first-order valence-electron chi connectivity index (χ1n) is 11.3. The summed E-state index contributed by atoms with van der Waals surface area (Å²) in [6.07, 6.45) is 0. The van der Waals surface area contributed by atoms with Crippen molar-refractivity contribution >= 4 is 33.7 Å². The number of hydrogen-bond acceptors (Lipinski definition) is 2. The smallest absolute Gasteiger partial charge is 0.335 e. The quantitative estimate of drug-likeness (QED) is 0.293. The predicted octanol–water partition coefficient (Wildman–Crippen LogP) is 7.31. The number of aromatic nitrogens is 1. The molecule has 0 spiro atoms. The van der Waals surface area contributed by atoms with Crippen LogP contribution in [0.5, 0.6) is 0 Å². The zero-order chi connectivity index (χ0) is 25.4. The summed E-state index contributed by atoms with van der Waals surface area (Å²) in [5, 5.41) is 19.6. The molecular weight excluding hydrogens is 426 g/mol. The van der Waals surface area contributed by atoms with Crippen molar-refractivity contribution in [3.8, 4) is 0 Å². The van der Waals surface area contributed by atoms with Gasteiger partial charge in [-0.25, -0.2) is 9.59 Å². The van der Waals surface area contributed by atoms with Gasteiger partial charge in [0.25, 0.3) is 0 Å². The average molecular weight is 460 g/mol. The number of aromatic carboxylic acids is 2. The summed E-state index contributed by atoms with van der Waals surface area (Å²) in [5.74, 6) is -2.13.